The van der Waals surface area contributed by atoms with Gasteiger partial charge in [0, 0.05) is 10.4 Å². The number of carbonyl (C=O) groups excluding carboxylic acids is 1. The van der Waals surface area contributed by atoms with Crippen molar-refractivity contribution in [1.82, 2.24) is 0 Å². The highest BCUT2D eigenvalue weighted by Gasteiger charge is 2.18. The second-order valence-electron chi connectivity index (χ2n) is 4.52. The van der Waals surface area contributed by atoms with Gasteiger partial charge < -0.3 is 10.4 Å². The van der Waals surface area contributed by atoms with E-state index >= 15 is 0 Å². The number of halogens is 1. The van der Waals surface area contributed by atoms with Gasteiger partial charge in [-0.3, -0.25) is 4.79 Å². The third-order valence-corrected chi connectivity index (χ3v) is 3.58. The lowest BCUT2D eigenvalue weighted by molar-refractivity contribution is -0.120. The van der Waals surface area contributed by atoms with E-state index in [9.17, 15) is 9.59 Å². The third kappa shape index (κ3) is 3.57. The molecule has 0 saturated heterocycles. The minimum atomic E-state index is -1.02. The van der Waals surface area contributed by atoms with Gasteiger partial charge in [0.25, 0.3) is 0 Å². The van der Waals surface area contributed by atoms with Gasteiger partial charge in [0.2, 0.25) is 5.91 Å². The van der Waals surface area contributed by atoms with Crippen LogP contribution < -0.4 is 5.32 Å². The van der Waals surface area contributed by atoms with Gasteiger partial charge in [-0.25, -0.2) is 4.79 Å². The number of amides is 1. The average molecular weight is 314 g/mol. The monoisotopic (exact) mass is 313 g/mol. The van der Waals surface area contributed by atoms with Gasteiger partial charge in [0.15, 0.2) is 0 Å². The molecular formula is C13H16BrNO3. The van der Waals surface area contributed by atoms with E-state index in [1.165, 1.54) is 12.1 Å². The van der Waals surface area contributed by atoms with E-state index in [1.807, 2.05) is 20.8 Å². The summed E-state index contributed by atoms with van der Waals surface area (Å²) in [5, 5.41) is 11.6. The highest BCUT2D eigenvalue weighted by molar-refractivity contribution is 9.10. The molecule has 1 aromatic carbocycles. The summed E-state index contributed by atoms with van der Waals surface area (Å²) in [7, 11) is 0. The summed E-state index contributed by atoms with van der Waals surface area (Å²) in [6.45, 7) is 5.77. The maximum atomic E-state index is 11.9. The van der Waals surface area contributed by atoms with Crippen molar-refractivity contribution in [3.8, 4) is 0 Å². The summed E-state index contributed by atoms with van der Waals surface area (Å²) in [6, 6.07) is 4.53. The van der Waals surface area contributed by atoms with E-state index < -0.39 is 5.97 Å². The average Bonchev–Trinajstić information content (AvgIpc) is 2.30. The molecule has 2 N–H and O–H groups in total. The van der Waals surface area contributed by atoms with Crippen LogP contribution in [0.5, 0.6) is 0 Å². The number of anilines is 1. The van der Waals surface area contributed by atoms with Gasteiger partial charge in [-0.2, -0.15) is 0 Å². The lowest BCUT2D eigenvalue weighted by Crippen LogP contribution is -2.24. The highest BCUT2D eigenvalue weighted by Crippen LogP contribution is 2.25. The number of hydrogen-bond donors (Lipinski definition) is 2. The summed E-state index contributed by atoms with van der Waals surface area (Å²) in [6.07, 6.45) is 0. The predicted molar refractivity (Wildman–Crippen MR) is 73.7 cm³/mol. The molecule has 0 saturated carbocycles. The molecule has 0 radical (unpaired) electrons. The fourth-order valence-corrected chi connectivity index (χ4v) is 1.65. The largest absolute Gasteiger partial charge is 0.478 e. The Balaban J connectivity index is 2.93. The highest BCUT2D eigenvalue weighted by atomic mass is 79.9. The van der Waals surface area contributed by atoms with Crippen LogP contribution in [0.3, 0.4) is 0 Å². The van der Waals surface area contributed by atoms with Crippen molar-refractivity contribution in [1.29, 1.82) is 0 Å². The molecular weight excluding hydrogens is 298 g/mol. The Labute approximate surface area is 115 Å². The second-order valence-corrected chi connectivity index (χ2v) is 5.38. The van der Waals surface area contributed by atoms with E-state index in [2.05, 4.69) is 21.2 Å². The number of carboxylic acid groups (broad SMARTS) is 1. The fraction of sp³-hybridized carbons (Fsp3) is 0.385. The van der Waals surface area contributed by atoms with Gasteiger partial charge in [-0.05, 0) is 40.0 Å². The van der Waals surface area contributed by atoms with Crippen LogP contribution in [0.1, 0.15) is 31.1 Å². The lowest BCUT2D eigenvalue weighted by Gasteiger charge is -2.16. The second kappa shape index (κ2) is 6.00. The molecule has 1 rings (SSSR count). The summed E-state index contributed by atoms with van der Waals surface area (Å²) < 4.78 is 0.664. The smallest absolute Gasteiger partial charge is 0.335 e. The zero-order chi connectivity index (χ0) is 13.9. The van der Waals surface area contributed by atoms with Gasteiger partial charge in [0.1, 0.15) is 0 Å². The van der Waals surface area contributed by atoms with Crippen molar-refractivity contribution < 1.29 is 14.7 Å². The van der Waals surface area contributed by atoms with Gasteiger partial charge in [-0.1, -0.05) is 20.8 Å². The first-order valence-corrected chi connectivity index (χ1v) is 6.46. The van der Waals surface area contributed by atoms with Crippen LogP contribution in [0.2, 0.25) is 0 Å². The maximum Gasteiger partial charge on any atom is 0.335 e. The molecule has 1 unspecified atom stereocenters. The van der Waals surface area contributed by atoms with Crippen LogP contribution in [-0.2, 0) is 4.79 Å². The molecule has 0 aliphatic heterocycles. The Hall–Kier alpha value is -1.36. The molecule has 0 heterocycles. The quantitative estimate of drug-likeness (QED) is 0.895. The van der Waals surface area contributed by atoms with Crippen LogP contribution in [0.4, 0.5) is 5.69 Å². The van der Waals surface area contributed by atoms with Gasteiger partial charge in [0.05, 0.1) is 11.3 Å². The number of nitrogens with one attached hydrogen (secondary N) is 1. The molecule has 0 bridgehead atoms. The van der Waals surface area contributed by atoms with Crippen molar-refractivity contribution in [2.45, 2.75) is 20.8 Å². The summed E-state index contributed by atoms with van der Waals surface area (Å²) >= 11 is 3.29. The molecule has 1 atom stereocenters. The molecule has 1 aromatic rings. The van der Waals surface area contributed by atoms with Crippen molar-refractivity contribution in [2.24, 2.45) is 11.8 Å². The molecule has 0 aromatic heterocycles. The van der Waals surface area contributed by atoms with E-state index in [4.69, 9.17) is 5.11 Å². The van der Waals surface area contributed by atoms with Crippen LogP contribution in [-0.4, -0.2) is 17.0 Å². The standard InChI is InChI=1S/C13H16BrNO3/c1-7(2)8(3)12(16)15-11-6-9(13(17)18)4-5-10(11)14/h4-8H,1-3H3,(H,15,16)(H,17,18). The molecule has 1 amide bonds. The molecule has 98 valence electrons. The topological polar surface area (TPSA) is 66.4 Å². The number of benzene rings is 1. The Morgan fingerprint density at radius 1 is 1.28 bits per heavy atom. The molecule has 0 fully saturated rings. The van der Waals surface area contributed by atoms with E-state index in [1.54, 1.807) is 6.07 Å². The first-order chi connectivity index (χ1) is 8.32. The number of carboxylic acids is 1. The van der Waals surface area contributed by atoms with E-state index in [0.29, 0.717) is 10.2 Å². The number of hydrogen-bond acceptors (Lipinski definition) is 2. The molecule has 0 aliphatic rings. The lowest BCUT2D eigenvalue weighted by atomic mass is 9.97. The minimum absolute atomic E-state index is 0.117. The first-order valence-electron chi connectivity index (χ1n) is 5.66. The van der Waals surface area contributed by atoms with Crippen LogP contribution >= 0.6 is 15.9 Å². The molecule has 5 heteroatoms. The molecule has 4 nitrogen and oxygen atoms in total. The Bertz CT molecular complexity index is 471. The van der Waals surface area contributed by atoms with Crippen LogP contribution in [0.25, 0.3) is 0 Å². The van der Waals surface area contributed by atoms with E-state index in [0.717, 1.165) is 0 Å². The van der Waals surface area contributed by atoms with Crippen molar-refractivity contribution in [2.75, 3.05) is 5.32 Å². The maximum absolute atomic E-state index is 11.9. The summed E-state index contributed by atoms with van der Waals surface area (Å²) in [5.41, 5.74) is 0.623. The Kier molecular flexibility index (Phi) is 4.90. The summed E-state index contributed by atoms with van der Waals surface area (Å²) in [5.74, 6) is -1.04. The third-order valence-electron chi connectivity index (χ3n) is 2.88. The molecule has 0 spiro atoms. The van der Waals surface area contributed by atoms with Crippen LogP contribution in [0, 0.1) is 11.8 Å². The van der Waals surface area contributed by atoms with Crippen molar-refractivity contribution >= 4 is 33.5 Å². The van der Waals surface area contributed by atoms with Crippen molar-refractivity contribution in [3.05, 3.63) is 28.2 Å². The number of aromatic carboxylic acids is 1. The molecule has 0 aliphatic carbocycles. The van der Waals surface area contributed by atoms with Gasteiger partial charge >= 0.3 is 5.97 Å². The number of carbonyl (C=O) groups is 2. The zero-order valence-corrected chi connectivity index (χ0v) is 12.1. The minimum Gasteiger partial charge on any atom is -0.478 e. The number of rotatable bonds is 4. The van der Waals surface area contributed by atoms with Crippen LogP contribution in [0.15, 0.2) is 22.7 Å². The normalized spacial score (nSPS) is 12.3. The first kappa shape index (κ1) is 14.7. The SMILES string of the molecule is CC(C)C(C)C(=O)Nc1cc(C(=O)O)ccc1Br. The predicted octanol–water partition coefficient (Wildman–Crippen LogP) is 3.38. The zero-order valence-electron chi connectivity index (χ0n) is 10.5. The Morgan fingerprint density at radius 2 is 1.89 bits per heavy atom. The fourth-order valence-electron chi connectivity index (χ4n) is 1.30. The summed E-state index contributed by atoms with van der Waals surface area (Å²) in [4.78, 5) is 22.8. The van der Waals surface area contributed by atoms with E-state index in [-0.39, 0.29) is 23.3 Å². The Morgan fingerprint density at radius 3 is 2.39 bits per heavy atom. The van der Waals surface area contributed by atoms with Gasteiger partial charge in [-0.15, -0.1) is 0 Å². The molecule has 18 heavy (non-hydrogen) atoms. The van der Waals surface area contributed by atoms with Crippen molar-refractivity contribution in [3.63, 3.8) is 0 Å².